The second-order valence-corrected chi connectivity index (χ2v) is 10.3. The van der Waals surface area contributed by atoms with Crippen molar-refractivity contribution in [1.82, 2.24) is 19.7 Å². The number of anilines is 1. The average Bonchev–Trinajstić information content (AvgIpc) is 3.21. The molecule has 14 heteroatoms. The molecule has 2 amide bonds. The first kappa shape index (κ1) is 24.5. The van der Waals surface area contributed by atoms with Crippen molar-refractivity contribution in [1.29, 1.82) is 0 Å². The van der Waals surface area contributed by atoms with E-state index in [0.717, 1.165) is 6.07 Å². The number of hydrogen-bond donors (Lipinski definition) is 2. The molecule has 186 valence electrons. The molecule has 0 saturated carbocycles. The largest absolute Gasteiger partial charge is 0.481 e. The number of carbonyl (C=O) groups is 1. The molecule has 3 aromatic rings. The van der Waals surface area contributed by atoms with Gasteiger partial charge in [-0.1, -0.05) is 13.8 Å². The molecule has 0 aliphatic carbocycles. The molecule has 1 aliphatic rings. The van der Waals surface area contributed by atoms with Crippen molar-refractivity contribution in [3.05, 3.63) is 42.4 Å². The Kier molecular flexibility index (Phi) is 6.42. The summed E-state index contributed by atoms with van der Waals surface area (Å²) in [4.78, 5) is 20.5. The molecule has 3 N–H and O–H groups in total. The Morgan fingerprint density at radius 2 is 2.14 bits per heavy atom. The maximum atomic E-state index is 13.3. The fourth-order valence-corrected chi connectivity index (χ4v) is 4.44. The number of nitrogens with two attached hydrogens (primary N) is 1. The van der Waals surface area contributed by atoms with Gasteiger partial charge < -0.3 is 9.47 Å². The predicted octanol–water partition coefficient (Wildman–Crippen LogP) is 3.64. The zero-order valence-corrected chi connectivity index (χ0v) is 19.9. The number of alkyl halides is 2. The van der Waals surface area contributed by atoms with E-state index in [1.54, 1.807) is 6.07 Å². The van der Waals surface area contributed by atoms with Crippen LogP contribution in [0, 0.1) is 5.41 Å². The Morgan fingerprint density at radius 1 is 1.37 bits per heavy atom. The molecular weight excluding hydrogens is 484 g/mol. The molecule has 11 nitrogen and oxygen atoms in total. The van der Waals surface area contributed by atoms with Gasteiger partial charge in [0.1, 0.15) is 16.4 Å². The van der Waals surface area contributed by atoms with Gasteiger partial charge in [0.05, 0.1) is 26.5 Å². The molecule has 3 aromatic heterocycles. The molecule has 1 atom stereocenters. The fourth-order valence-electron chi connectivity index (χ4n) is 3.44. The van der Waals surface area contributed by atoms with Crippen LogP contribution in [-0.4, -0.2) is 43.7 Å². The maximum Gasteiger partial charge on any atom is 0.356 e. The summed E-state index contributed by atoms with van der Waals surface area (Å²) >= 11 is 0. The molecule has 0 spiro atoms. The summed E-state index contributed by atoms with van der Waals surface area (Å²) in [5.74, 6) is 0.201. The van der Waals surface area contributed by atoms with Gasteiger partial charge in [-0.25, -0.2) is 37.6 Å². The highest BCUT2D eigenvalue weighted by Gasteiger charge is 2.32. The summed E-state index contributed by atoms with van der Waals surface area (Å²) in [6.45, 7) is 4.78. The number of rotatable bonds is 5. The number of fused-ring (bicyclic) bond motifs is 1. The lowest BCUT2D eigenvalue weighted by Crippen LogP contribution is -2.33. The van der Waals surface area contributed by atoms with Gasteiger partial charge in [-0.2, -0.15) is 5.10 Å². The Morgan fingerprint density at radius 3 is 2.86 bits per heavy atom. The number of urea groups is 1. The number of pyridine rings is 2. The minimum Gasteiger partial charge on any atom is -0.481 e. The number of halogens is 2. The number of amides is 2. The van der Waals surface area contributed by atoms with Gasteiger partial charge in [0.2, 0.25) is 11.8 Å². The number of hydrogen-bond acceptors (Lipinski definition) is 7. The Balaban J connectivity index is 1.68. The first-order valence-corrected chi connectivity index (χ1v) is 11.9. The van der Waals surface area contributed by atoms with Crippen LogP contribution in [0.2, 0.25) is 0 Å². The molecule has 0 fully saturated rings. The minimum atomic E-state index is -3.78. The second-order valence-electron chi connectivity index (χ2n) is 8.53. The second kappa shape index (κ2) is 9.19. The third-order valence-corrected chi connectivity index (χ3v) is 6.44. The van der Waals surface area contributed by atoms with Crippen molar-refractivity contribution in [3.8, 4) is 22.9 Å². The predicted molar refractivity (Wildman–Crippen MR) is 123 cm³/mol. The Hall–Kier alpha value is -3.65. The molecule has 35 heavy (non-hydrogen) atoms. The van der Waals surface area contributed by atoms with Crippen LogP contribution in [0.15, 0.2) is 45.9 Å². The number of nitrogens with one attached hydrogen (secondary N) is 1. The topological polar surface area (TPSA) is 147 Å². The van der Waals surface area contributed by atoms with Gasteiger partial charge in [0, 0.05) is 23.2 Å². The van der Waals surface area contributed by atoms with Gasteiger partial charge in [0.15, 0.2) is 9.92 Å². The van der Waals surface area contributed by atoms with Crippen molar-refractivity contribution in [2.24, 2.45) is 14.9 Å². The third-order valence-electron chi connectivity index (χ3n) is 5.09. The van der Waals surface area contributed by atoms with E-state index in [0.29, 0.717) is 18.7 Å². The van der Waals surface area contributed by atoms with Gasteiger partial charge >= 0.3 is 6.03 Å². The highest BCUT2D eigenvalue weighted by Crippen LogP contribution is 2.34. The quantitative estimate of drug-likeness (QED) is 0.536. The standard InChI is InChI=1S/C21H23F2N7O4S/c1-21(2)10-30-19(34-11-21)15(9-26-30)35(24,32)29-20(31)28-18-13(4-5-14(27-18)17(22)23)12-6-7-25-16(8-12)33-3/h4-9,17H,10-11H2,1-3H3,(H3,24,27,28,29,31,32)/t35-/m0/s1. The maximum absolute atomic E-state index is 13.3. The molecule has 0 radical (unpaired) electrons. The molecule has 0 unspecified atom stereocenters. The monoisotopic (exact) mass is 507 g/mol. The Bertz CT molecular complexity index is 1400. The lowest BCUT2D eigenvalue weighted by molar-refractivity contribution is 0.0972. The minimum absolute atomic E-state index is 0.0449. The molecule has 4 rings (SSSR count). The van der Waals surface area contributed by atoms with E-state index in [-0.39, 0.29) is 33.5 Å². The highest BCUT2D eigenvalue weighted by molar-refractivity contribution is 7.91. The van der Waals surface area contributed by atoms with Crippen molar-refractivity contribution < 1.29 is 27.3 Å². The first-order valence-electron chi connectivity index (χ1n) is 10.3. The van der Waals surface area contributed by atoms with Gasteiger partial charge in [0.25, 0.3) is 6.43 Å². The number of nitrogens with zero attached hydrogens (tertiary/aromatic N) is 5. The van der Waals surface area contributed by atoms with Gasteiger partial charge in [-0.3, -0.25) is 5.32 Å². The van der Waals surface area contributed by atoms with E-state index in [4.69, 9.17) is 14.6 Å². The van der Waals surface area contributed by atoms with E-state index in [1.165, 1.54) is 36.3 Å². The number of carbonyl (C=O) groups excluding carboxylic acids is 1. The summed E-state index contributed by atoms with van der Waals surface area (Å²) in [7, 11) is -2.36. The van der Waals surface area contributed by atoms with Crippen LogP contribution in [0.3, 0.4) is 0 Å². The number of aromatic nitrogens is 4. The molecule has 4 heterocycles. The molecule has 0 aromatic carbocycles. The van der Waals surface area contributed by atoms with E-state index in [9.17, 15) is 17.8 Å². The highest BCUT2D eigenvalue weighted by atomic mass is 32.2. The van der Waals surface area contributed by atoms with Crippen molar-refractivity contribution in [2.75, 3.05) is 19.0 Å². The summed E-state index contributed by atoms with van der Waals surface area (Å²) < 4.78 is 55.6. The van der Waals surface area contributed by atoms with Crippen LogP contribution in [0.4, 0.5) is 19.4 Å². The zero-order chi connectivity index (χ0) is 25.4. The lowest BCUT2D eigenvalue weighted by Gasteiger charge is -2.30. The van der Waals surface area contributed by atoms with Crippen LogP contribution in [-0.2, 0) is 16.5 Å². The number of ether oxygens (including phenoxy) is 2. The lowest BCUT2D eigenvalue weighted by atomic mass is 9.94. The van der Waals surface area contributed by atoms with E-state index >= 15 is 0 Å². The zero-order valence-electron chi connectivity index (χ0n) is 19.1. The Labute approximate surface area is 200 Å². The SMILES string of the molecule is COc1cc(-c2ccc(C(F)F)nc2NC(=O)N=[S@](N)(=O)c2cnn3c2OCC(C)(C)C3)ccn1. The molecule has 0 bridgehead atoms. The van der Waals surface area contributed by atoms with Crippen LogP contribution < -0.4 is 19.9 Å². The normalized spacial score (nSPS) is 16.1. The van der Waals surface area contributed by atoms with Crippen LogP contribution >= 0.6 is 0 Å². The van der Waals surface area contributed by atoms with Gasteiger partial charge in [-0.05, 0) is 23.8 Å². The van der Waals surface area contributed by atoms with Crippen molar-refractivity contribution in [2.45, 2.75) is 31.7 Å². The van der Waals surface area contributed by atoms with Gasteiger partial charge in [-0.15, -0.1) is 4.36 Å². The van der Waals surface area contributed by atoms with Crippen LogP contribution in [0.25, 0.3) is 11.1 Å². The van der Waals surface area contributed by atoms with E-state index in [2.05, 4.69) is 24.7 Å². The van der Waals surface area contributed by atoms with Crippen LogP contribution in [0.5, 0.6) is 11.8 Å². The van der Waals surface area contributed by atoms with Crippen molar-refractivity contribution >= 4 is 21.8 Å². The van der Waals surface area contributed by atoms with E-state index < -0.39 is 28.1 Å². The number of methoxy groups -OCH3 is 1. The summed E-state index contributed by atoms with van der Waals surface area (Å²) in [5, 5.41) is 12.3. The first-order chi connectivity index (χ1) is 16.5. The molecule has 0 saturated heterocycles. The summed E-state index contributed by atoms with van der Waals surface area (Å²) in [6, 6.07) is 4.47. The van der Waals surface area contributed by atoms with E-state index in [1.807, 2.05) is 13.8 Å². The van der Waals surface area contributed by atoms with Crippen molar-refractivity contribution in [3.63, 3.8) is 0 Å². The average molecular weight is 508 g/mol. The van der Waals surface area contributed by atoms with Crippen LogP contribution in [0.1, 0.15) is 26.0 Å². The summed E-state index contributed by atoms with van der Waals surface area (Å²) in [6.07, 6.45) is -0.203. The molecule has 1 aliphatic heterocycles. The smallest absolute Gasteiger partial charge is 0.356 e. The fraction of sp³-hybridized carbons (Fsp3) is 0.333. The summed E-state index contributed by atoms with van der Waals surface area (Å²) in [5.41, 5.74) is -0.000140. The third kappa shape index (κ3) is 5.22. The molecular formula is C21H23F2N7O4S.